The minimum Gasteiger partial charge on any atom is -0.402 e. The zero-order valence-corrected chi connectivity index (χ0v) is 7.59. The fraction of sp³-hybridized carbons (Fsp3) is 0.556. The summed E-state index contributed by atoms with van der Waals surface area (Å²) in [7, 11) is 0. The van der Waals surface area contributed by atoms with Crippen LogP contribution >= 0.6 is 0 Å². The first-order valence-electron chi connectivity index (χ1n) is 3.83. The molecule has 2 heteroatoms. The van der Waals surface area contributed by atoms with Crippen LogP contribution in [0.15, 0.2) is 23.9 Å². The predicted molar refractivity (Wildman–Crippen MR) is 49.9 cm³/mol. The van der Waals surface area contributed by atoms with Crippen molar-refractivity contribution in [2.24, 2.45) is 17.4 Å². The van der Waals surface area contributed by atoms with Crippen LogP contribution < -0.4 is 11.5 Å². The highest BCUT2D eigenvalue weighted by Crippen LogP contribution is 2.14. The first kappa shape index (κ1) is 10.2. The molecule has 0 spiro atoms. The van der Waals surface area contributed by atoms with Gasteiger partial charge in [0.25, 0.3) is 0 Å². The second-order valence-corrected chi connectivity index (χ2v) is 3.07. The van der Waals surface area contributed by atoms with Crippen molar-refractivity contribution in [2.75, 3.05) is 0 Å². The Morgan fingerprint density at radius 1 is 1.45 bits per heavy atom. The number of rotatable bonds is 3. The van der Waals surface area contributed by atoms with E-state index in [4.69, 9.17) is 11.5 Å². The van der Waals surface area contributed by atoms with E-state index in [1.165, 1.54) is 5.57 Å². The summed E-state index contributed by atoms with van der Waals surface area (Å²) in [6.07, 6.45) is 2.00. The first-order chi connectivity index (χ1) is 4.95. The molecule has 64 valence electrons. The zero-order valence-electron chi connectivity index (χ0n) is 7.59. The third-order valence-electron chi connectivity index (χ3n) is 1.76. The molecule has 0 aromatic carbocycles. The van der Waals surface area contributed by atoms with Crippen molar-refractivity contribution in [3.63, 3.8) is 0 Å². The van der Waals surface area contributed by atoms with Crippen LogP contribution in [0.25, 0.3) is 0 Å². The Kier molecular flexibility index (Phi) is 3.90. The van der Waals surface area contributed by atoms with Crippen molar-refractivity contribution in [2.45, 2.75) is 26.8 Å². The molecule has 2 atom stereocenters. The van der Waals surface area contributed by atoms with Gasteiger partial charge in [-0.1, -0.05) is 25.2 Å². The van der Waals surface area contributed by atoms with E-state index in [2.05, 4.69) is 6.58 Å². The Morgan fingerprint density at radius 3 is 2.18 bits per heavy atom. The van der Waals surface area contributed by atoms with E-state index in [1.807, 2.05) is 26.8 Å². The van der Waals surface area contributed by atoms with Gasteiger partial charge in [0.1, 0.15) is 0 Å². The van der Waals surface area contributed by atoms with Gasteiger partial charge in [-0.2, -0.15) is 0 Å². The smallest absolute Gasteiger partial charge is 0.0197 e. The lowest BCUT2D eigenvalue weighted by Gasteiger charge is -2.12. The van der Waals surface area contributed by atoms with Gasteiger partial charge in [-0.25, -0.2) is 0 Å². The van der Waals surface area contributed by atoms with Crippen LogP contribution in [0.2, 0.25) is 0 Å². The van der Waals surface area contributed by atoms with Crippen molar-refractivity contribution in [1.29, 1.82) is 0 Å². The van der Waals surface area contributed by atoms with E-state index in [0.29, 0.717) is 5.70 Å². The molecular weight excluding hydrogens is 136 g/mol. The Bertz CT molecular complexity index is 168. The van der Waals surface area contributed by atoms with Crippen molar-refractivity contribution < 1.29 is 0 Å². The van der Waals surface area contributed by atoms with Crippen LogP contribution in [0.4, 0.5) is 0 Å². The Hall–Kier alpha value is -0.760. The summed E-state index contributed by atoms with van der Waals surface area (Å²) in [4.78, 5) is 0. The molecule has 2 unspecified atom stereocenters. The maximum Gasteiger partial charge on any atom is 0.0197 e. The molecule has 0 fully saturated rings. The third kappa shape index (κ3) is 3.83. The van der Waals surface area contributed by atoms with Crippen LogP contribution in [0.5, 0.6) is 0 Å². The lowest BCUT2D eigenvalue weighted by molar-refractivity contribution is 0.771. The van der Waals surface area contributed by atoms with E-state index in [0.717, 1.165) is 0 Å². The number of hydrogen-bond donors (Lipinski definition) is 2. The minimum atomic E-state index is 0.0943. The average molecular weight is 154 g/mol. The predicted octanol–water partition coefficient (Wildman–Crippen LogP) is 1.39. The molecule has 0 saturated heterocycles. The Morgan fingerprint density at radius 2 is 1.91 bits per heavy atom. The van der Waals surface area contributed by atoms with Crippen LogP contribution in [0.3, 0.4) is 0 Å². The highest BCUT2D eigenvalue weighted by molar-refractivity contribution is 5.15. The van der Waals surface area contributed by atoms with E-state index in [1.54, 1.807) is 0 Å². The molecule has 0 aliphatic carbocycles. The van der Waals surface area contributed by atoms with Gasteiger partial charge in [-0.05, 0) is 13.8 Å². The molecule has 0 rings (SSSR count). The van der Waals surface area contributed by atoms with Crippen LogP contribution in [0, 0.1) is 5.92 Å². The third-order valence-corrected chi connectivity index (χ3v) is 1.76. The van der Waals surface area contributed by atoms with Gasteiger partial charge in [-0.15, -0.1) is 0 Å². The molecule has 0 aliphatic heterocycles. The van der Waals surface area contributed by atoms with Crippen molar-refractivity contribution in [1.82, 2.24) is 0 Å². The summed E-state index contributed by atoms with van der Waals surface area (Å²) < 4.78 is 0. The quantitative estimate of drug-likeness (QED) is 0.603. The molecule has 11 heavy (non-hydrogen) atoms. The number of hydrogen-bond acceptors (Lipinski definition) is 2. The van der Waals surface area contributed by atoms with Gasteiger partial charge < -0.3 is 11.5 Å². The molecule has 2 nitrogen and oxygen atoms in total. The van der Waals surface area contributed by atoms with Gasteiger partial charge in [0.05, 0.1) is 0 Å². The van der Waals surface area contributed by atoms with Gasteiger partial charge in [0, 0.05) is 17.7 Å². The molecule has 4 N–H and O–H groups in total. The average Bonchev–Trinajstić information content (AvgIpc) is 1.84. The molecule has 0 bridgehead atoms. The Balaban J connectivity index is 4.23. The van der Waals surface area contributed by atoms with Crippen molar-refractivity contribution in [3.8, 4) is 0 Å². The first-order valence-corrected chi connectivity index (χ1v) is 3.83. The minimum absolute atomic E-state index is 0.0943. The monoisotopic (exact) mass is 154 g/mol. The van der Waals surface area contributed by atoms with Crippen LogP contribution in [-0.4, -0.2) is 6.04 Å². The van der Waals surface area contributed by atoms with Gasteiger partial charge >= 0.3 is 0 Å². The molecular formula is C9H18N2. The van der Waals surface area contributed by atoms with Crippen molar-refractivity contribution in [3.05, 3.63) is 23.9 Å². The summed E-state index contributed by atoms with van der Waals surface area (Å²) in [5, 5.41) is 0. The van der Waals surface area contributed by atoms with E-state index >= 15 is 0 Å². The van der Waals surface area contributed by atoms with E-state index in [9.17, 15) is 0 Å². The van der Waals surface area contributed by atoms with Crippen molar-refractivity contribution >= 4 is 0 Å². The summed E-state index contributed by atoms with van der Waals surface area (Å²) in [5.41, 5.74) is 13.0. The summed E-state index contributed by atoms with van der Waals surface area (Å²) in [6.45, 7) is 9.66. The molecule has 0 aromatic heterocycles. The van der Waals surface area contributed by atoms with Gasteiger partial charge in [0.15, 0.2) is 0 Å². The standard InChI is InChI=1S/C9H18N2/c1-6(5-7(2)10)8(3)9(4)11/h5,7-8H,4,10-11H2,1-3H3/b6-5+. The zero-order chi connectivity index (χ0) is 9.02. The lowest BCUT2D eigenvalue weighted by atomic mass is 9.98. The summed E-state index contributed by atoms with van der Waals surface area (Å²) in [6, 6.07) is 0.0943. The van der Waals surface area contributed by atoms with Crippen LogP contribution in [0.1, 0.15) is 20.8 Å². The van der Waals surface area contributed by atoms with Gasteiger partial charge in [0.2, 0.25) is 0 Å². The lowest BCUT2D eigenvalue weighted by Crippen LogP contribution is -2.15. The molecule has 0 aromatic rings. The fourth-order valence-corrected chi connectivity index (χ4v) is 0.851. The molecule has 0 saturated carbocycles. The molecule has 0 amide bonds. The summed E-state index contributed by atoms with van der Waals surface area (Å²) in [5.74, 6) is 0.237. The second-order valence-electron chi connectivity index (χ2n) is 3.07. The number of allylic oxidation sites excluding steroid dienone is 1. The highest BCUT2D eigenvalue weighted by Gasteiger charge is 2.04. The summed E-state index contributed by atoms with van der Waals surface area (Å²) >= 11 is 0. The topological polar surface area (TPSA) is 52.0 Å². The Labute approximate surface area is 69.0 Å². The highest BCUT2D eigenvalue weighted by atomic mass is 14.6. The second kappa shape index (κ2) is 4.19. The van der Waals surface area contributed by atoms with Crippen LogP contribution in [-0.2, 0) is 0 Å². The SMILES string of the molecule is C=C(N)C(C)/C(C)=C/C(C)N. The fourth-order valence-electron chi connectivity index (χ4n) is 0.851. The van der Waals surface area contributed by atoms with Gasteiger partial charge in [-0.3, -0.25) is 0 Å². The molecule has 0 radical (unpaired) electrons. The molecule has 0 aliphatic rings. The normalized spacial score (nSPS) is 17.6. The largest absolute Gasteiger partial charge is 0.402 e. The molecule has 0 heterocycles. The maximum atomic E-state index is 5.58. The maximum absolute atomic E-state index is 5.58. The van der Waals surface area contributed by atoms with E-state index < -0.39 is 0 Å². The number of nitrogens with two attached hydrogens (primary N) is 2. The van der Waals surface area contributed by atoms with E-state index in [-0.39, 0.29) is 12.0 Å².